The van der Waals surface area contributed by atoms with Crippen molar-refractivity contribution in [3.63, 3.8) is 0 Å². The number of nitrogens with one attached hydrogen (secondary N) is 3. The first-order valence-electron chi connectivity index (χ1n) is 11.8. The molecule has 2 aromatic rings. The summed E-state index contributed by atoms with van der Waals surface area (Å²) in [6.07, 6.45) is 2.76. The van der Waals surface area contributed by atoms with Gasteiger partial charge >= 0.3 is 6.03 Å². The zero-order chi connectivity index (χ0) is 24.9. The van der Waals surface area contributed by atoms with Crippen LogP contribution in [0.2, 0.25) is 0 Å². The highest BCUT2D eigenvalue weighted by molar-refractivity contribution is 5.98. The molecule has 3 amide bonds. The Labute approximate surface area is 214 Å². The van der Waals surface area contributed by atoms with Gasteiger partial charge in [-0.15, -0.1) is 12.4 Å². The number of urea groups is 1. The lowest BCUT2D eigenvalue weighted by molar-refractivity contribution is -0.118. The molecule has 36 heavy (non-hydrogen) atoms. The monoisotopic (exact) mass is 522 g/mol. The number of allylic oxidation sites excluding steroid dienone is 1. The van der Waals surface area contributed by atoms with E-state index in [2.05, 4.69) is 20.9 Å². The van der Waals surface area contributed by atoms with Gasteiger partial charge in [0.2, 0.25) is 0 Å². The summed E-state index contributed by atoms with van der Waals surface area (Å²) in [6.45, 7) is 4.75. The lowest BCUT2D eigenvalue weighted by Gasteiger charge is -2.32. The van der Waals surface area contributed by atoms with Gasteiger partial charge in [-0.25, -0.2) is 18.0 Å². The molecule has 2 aromatic carbocycles. The van der Waals surface area contributed by atoms with Crippen LogP contribution in [0.5, 0.6) is 0 Å². The third kappa shape index (κ3) is 6.59. The maximum Gasteiger partial charge on any atom is 0.319 e. The first-order valence-corrected chi connectivity index (χ1v) is 11.8. The number of halogens is 4. The van der Waals surface area contributed by atoms with Crippen LogP contribution >= 0.6 is 12.4 Å². The number of piperidine rings is 1. The quantitative estimate of drug-likeness (QED) is 0.467. The summed E-state index contributed by atoms with van der Waals surface area (Å²) in [5.74, 6) is -2.21. The van der Waals surface area contributed by atoms with Gasteiger partial charge in [-0.05, 0) is 87.1 Å². The van der Waals surface area contributed by atoms with Crippen molar-refractivity contribution in [1.82, 2.24) is 20.9 Å². The largest absolute Gasteiger partial charge is 0.352 e. The molecule has 0 spiro atoms. The SMILES string of the molecule is CC1=C(C(=O)NCCCN2CCC(c3ccc(F)cc3)CC2)C(c2ccc(F)c(F)c2)NC(=O)N1.Cl. The number of carbonyl (C=O) groups is 2. The van der Waals surface area contributed by atoms with Crippen molar-refractivity contribution in [2.24, 2.45) is 0 Å². The number of rotatable bonds is 7. The van der Waals surface area contributed by atoms with Crippen LogP contribution in [0.3, 0.4) is 0 Å². The van der Waals surface area contributed by atoms with Gasteiger partial charge in [-0.1, -0.05) is 18.2 Å². The number of hydrogen-bond donors (Lipinski definition) is 3. The fourth-order valence-electron chi connectivity index (χ4n) is 4.76. The van der Waals surface area contributed by atoms with Crippen LogP contribution in [0.1, 0.15) is 49.3 Å². The number of hydrogen-bond acceptors (Lipinski definition) is 3. The van der Waals surface area contributed by atoms with Crippen LogP contribution in [-0.2, 0) is 4.79 Å². The molecule has 0 bridgehead atoms. The summed E-state index contributed by atoms with van der Waals surface area (Å²) in [4.78, 5) is 27.3. The van der Waals surface area contributed by atoms with Crippen molar-refractivity contribution in [3.05, 3.63) is 82.3 Å². The predicted molar refractivity (Wildman–Crippen MR) is 133 cm³/mol. The number of carbonyl (C=O) groups excluding carboxylic acids is 2. The van der Waals surface area contributed by atoms with Gasteiger partial charge < -0.3 is 20.9 Å². The van der Waals surface area contributed by atoms with Crippen molar-refractivity contribution in [3.8, 4) is 0 Å². The van der Waals surface area contributed by atoms with E-state index in [1.807, 2.05) is 12.1 Å². The fraction of sp³-hybridized carbons (Fsp3) is 0.385. The Bertz CT molecular complexity index is 1120. The maximum absolute atomic E-state index is 13.8. The topological polar surface area (TPSA) is 73.5 Å². The zero-order valence-electron chi connectivity index (χ0n) is 20.0. The standard InChI is InChI=1S/C26H29F3N4O2.ClH/c1-16-23(24(32-26(35)31-16)19-5-8-21(28)22(29)15-19)25(34)30-11-2-12-33-13-9-18(10-14-33)17-3-6-20(27)7-4-17;/h3-8,15,18,24H,2,9-14H2,1H3,(H,30,34)(H2,31,32,35);1H. The number of nitrogens with zero attached hydrogens (tertiary/aromatic N) is 1. The van der Waals surface area contributed by atoms with Gasteiger partial charge in [0.15, 0.2) is 11.6 Å². The molecular weight excluding hydrogens is 493 g/mol. The molecule has 1 unspecified atom stereocenters. The minimum absolute atomic E-state index is 0. The summed E-state index contributed by atoms with van der Waals surface area (Å²) in [5, 5.41) is 8.07. The van der Waals surface area contributed by atoms with E-state index in [1.165, 1.54) is 23.8 Å². The molecule has 1 atom stereocenters. The van der Waals surface area contributed by atoms with Gasteiger partial charge in [0, 0.05) is 12.2 Å². The molecule has 2 heterocycles. The molecule has 1 fully saturated rings. The molecule has 0 aliphatic carbocycles. The Hall–Kier alpha value is -3.04. The van der Waals surface area contributed by atoms with Gasteiger partial charge in [0.1, 0.15) is 5.82 Å². The van der Waals surface area contributed by atoms with Crippen LogP contribution in [0, 0.1) is 17.5 Å². The molecule has 10 heteroatoms. The minimum Gasteiger partial charge on any atom is -0.352 e. The molecule has 0 saturated carbocycles. The summed E-state index contributed by atoms with van der Waals surface area (Å²) in [5.41, 5.74) is 2.08. The van der Waals surface area contributed by atoms with Crippen LogP contribution in [0.25, 0.3) is 0 Å². The number of amides is 3. The molecule has 194 valence electrons. The van der Waals surface area contributed by atoms with Gasteiger partial charge in [0.25, 0.3) is 5.91 Å². The zero-order valence-corrected chi connectivity index (χ0v) is 20.8. The first kappa shape index (κ1) is 27.5. The van der Waals surface area contributed by atoms with Crippen molar-refractivity contribution >= 4 is 24.3 Å². The summed E-state index contributed by atoms with van der Waals surface area (Å²) in [6, 6.07) is 8.64. The highest BCUT2D eigenvalue weighted by Gasteiger charge is 2.31. The molecular formula is C26H30ClF3N4O2. The van der Waals surface area contributed by atoms with Crippen molar-refractivity contribution in [1.29, 1.82) is 0 Å². The van der Waals surface area contributed by atoms with E-state index in [1.54, 1.807) is 6.92 Å². The van der Waals surface area contributed by atoms with Crippen LogP contribution in [-0.4, -0.2) is 43.0 Å². The minimum atomic E-state index is -1.05. The van der Waals surface area contributed by atoms with E-state index in [0.29, 0.717) is 18.2 Å². The van der Waals surface area contributed by atoms with E-state index in [9.17, 15) is 22.8 Å². The Morgan fingerprint density at radius 2 is 1.69 bits per heavy atom. The van der Waals surface area contributed by atoms with Crippen molar-refractivity contribution in [2.45, 2.75) is 38.1 Å². The van der Waals surface area contributed by atoms with Crippen LogP contribution in [0.4, 0.5) is 18.0 Å². The number of likely N-dealkylation sites (tertiary alicyclic amines) is 1. The van der Waals surface area contributed by atoms with Crippen LogP contribution < -0.4 is 16.0 Å². The Kier molecular flexibility index (Phi) is 9.39. The lowest BCUT2D eigenvalue weighted by atomic mass is 9.89. The summed E-state index contributed by atoms with van der Waals surface area (Å²) in [7, 11) is 0. The van der Waals surface area contributed by atoms with E-state index in [0.717, 1.165) is 51.0 Å². The van der Waals surface area contributed by atoms with Gasteiger partial charge in [-0.3, -0.25) is 4.79 Å². The van der Waals surface area contributed by atoms with Gasteiger partial charge in [-0.2, -0.15) is 0 Å². The molecule has 3 N–H and O–H groups in total. The van der Waals surface area contributed by atoms with Crippen molar-refractivity contribution in [2.75, 3.05) is 26.2 Å². The second-order valence-corrected chi connectivity index (χ2v) is 9.02. The second-order valence-electron chi connectivity index (χ2n) is 9.02. The van der Waals surface area contributed by atoms with E-state index >= 15 is 0 Å². The molecule has 2 aliphatic heterocycles. The highest BCUT2D eigenvalue weighted by atomic mass is 35.5. The molecule has 2 aliphatic rings. The Balaban J connectivity index is 0.00000361. The third-order valence-corrected chi connectivity index (χ3v) is 6.66. The summed E-state index contributed by atoms with van der Waals surface area (Å²) >= 11 is 0. The fourth-order valence-corrected chi connectivity index (χ4v) is 4.76. The van der Waals surface area contributed by atoms with E-state index in [4.69, 9.17) is 0 Å². The van der Waals surface area contributed by atoms with E-state index < -0.39 is 23.7 Å². The van der Waals surface area contributed by atoms with Gasteiger partial charge in [0.05, 0.1) is 11.6 Å². The first-order chi connectivity index (χ1) is 16.8. The highest BCUT2D eigenvalue weighted by Crippen LogP contribution is 2.29. The maximum atomic E-state index is 13.8. The molecule has 0 aromatic heterocycles. The lowest BCUT2D eigenvalue weighted by Crippen LogP contribution is -2.47. The molecule has 1 saturated heterocycles. The van der Waals surface area contributed by atoms with Crippen LogP contribution in [0.15, 0.2) is 53.7 Å². The Morgan fingerprint density at radius 3 is 2.36 bits per heavy atom. The van der Waals surface area contributed by atoms with Crippen molar-refractivity contribution < 1.29 is 22.8 Å². The third-order valence-electron chi connectivity index (χ3n) is 6.66. The Morgan fingerprint density at radius 1 is 1.03 bits per heavy atom. The average Bonchev–Trinajstić information content (AvgIpc) is 2.84. The molecule has 4 rings (SSSR count). The number of benzene rings is 2. The molecule has 6 nitrogen and oxygen atoms in total. The smallest absolute Gasteiger partial charge is 0.319 e. The second kappa shape index (κ2) is 12.3. The average molecular weight is 523 g/mol. The van der Waals surface area contributed by atoms with E-state index in [-0.39, 0.29) is 35.3 Å². The summed E-state index contributed by atoms with van der Waals surface area (Å²) < 4.78 is 40.3. The predicted octanol–water partition coefficient (Wildman–Crippen LogP) is 4.54. The molecule has 0 radical (unpaired) electrons. The normalized spacial score (nSPS) is 18.8.